The van der Waals surface area contributed by atoms with Crippen molar-refractivity contribution in [3.8, 4) is 5.75 Å². The van der Waals surface area contributed by atoms with Crippen molar-refractivity contribution < 1.29 is 22.7 Å². The standard InChI is InChI=1S/C35H39N3O5S/c1-26(2)36-35(40)33(23-28-14-7-5-8-15-28)37(24-29-16-12-18-31(22-29)43-4)34(39)25-38(30-17-11-13-27(3)21-30)44(41,42)32-19-9-6-10-20-32/h5-22,26,33H,23-25H2,1-4H3,(H,36,40)/t33-/m1/s1. The maximum atomic E-state index is 14.5. The van der Waals surface area contributed by atoms with Crippen LogP contribution in [0.3, 0.4) is 0 Å². The molecule has 0 aromatic heterocycles. The number of carbonyl (C=O) groups excluding carboxylic acids is 2. The molecular formula is C35H39N3O5S. The second kappa shape index (κ2) is 14.7. The molecule has 0 unspecified atom stereocenters. The number of amides is 2. The molecule has 0 aliphatic heterocycles. The Morgan fingerprint density at radius 3 is 2.09 bits per heavy atom. The van der Waals surface area contributed by atoms with Crippen molar-refractivity contribution in [2.75, 3.05) is 18.0 Å². The van der Waals surface area contributed by atoms with Gasteiger partial charge < -0.3 is 15.0 Å². The minimum atomic E-state index is -4.14. The number of nitrogens with zero attached hydrogens (tertiary/aromatic N) is 2. The zero-order chi connectivity index (χ0) is 31.7. The number of methoxy groups -OCH3 is 1. The van der Waals surface area contributed by atoms with E-state index in [0.29, 0.717) is 11.4 Å². The van der Waals surface area contributed by atoms with Crippen LogP contribution in [0, 0.1) is 6.92 Å². The Labute approximate surface area is 260 Å². The molecule has 0 aliphatic carbocycles. The van der Waals surface area contributed by atoms with Crippen molar-refractivity contribution in [2.45, 2.75) is 50.7 Å². The fraction of sp³-hybridized carbons (Fsp3) is 0.257. The van der Waals surface area contributed by atoms with Crippen LogP contribution in [0.4, 0.5) is 5.69 Å². The molecule has 1 atom stereocenters. The molecule has 0 heterocycles. The van der Waals surface area contributed by atoms with E-state index in [4.69, 9.17) is 4.74 Å². The fourth-order valence-electron chi connectivity index (χ4n) is 4.93. The summed E-state index contributed by atoms with van der Waals surface area (Å²) in [6, 6.07) is 30.7. The van der Waals surface area contributed by atoms with E-state index in [0.717, 1.165) is 21.0 Å². The fourth-order valence-corrected chi connectivity index (χ4v) is 6.36. The van der Waals surface area contributed by atoms with Crippen molar-refractivity contribution in [3.63, 3.8) is 0 Å². The van der Waals surface area contributed by atoms with Crippen molar-refractivity contribution in [3.05, 3.63) is 126 Å². The minimum Gasteiger partial charge on any atom is -0.497 e. The number of aryl methyl sites for hydroxylation is 1. The molecule has 0 saturated carbocycles. The van der Waals surface area contributed by atoms with Gasteiger partial charge in [0.05, 0.1) is 17.7 Å². The van der Waals surface area contributed by atoms with Crippen LogP contribution in [0.1, 0.15) is 30.5 Å². The molecule has 44 heavy (non-hydrogen) atoms. The van der Waals surface area contributed by atoms with E-state index in [1.54, 1.807) is 55.6 Å². The number of rotatable bonds is 13. The monoisotopic (exact) mass is 613 g/mol. The zero-order valence-corrected chi connectivity index (χ0v) is 26.3. The topological polar surface area (TPSA) is 96.0 Å². The van der Waals surface area contributed by atoms with Crippen molar-refractivity contribution >= 4 is 27.5 Å². The van der Waals surface area contributed by atoms with E-state index < -0.39 is 28.5 Å². The highest BCUT2D eigenvalue weighted by Crippen LogP contribution is 2.26. The molecule has 1 N–H and O–H groups in total. The number of sulfonamides is 1. The molecule has 4 rings (SSSR count). The van der Waals surface area contributed by atoms with E-state index in [1.165, 1.54) is 17.0 Å². The number of carbonyl (C=O) groups is 2. The molecule has 0 spiro atoms. The average molecular weight is 614 g/mol. The average Bonchev–Trinajstić information content (AvgIpc) is 3.02. The van der Waals surface area contributed by atoms with Gasteiger partial charge in [-0.15, -0.1) is 0 Å². The highest BCUT2D eigenvalue weighted by atomic mass is 32.2. The summed E-state index contributed by atoms with van der Waals surface area (Å²) in [6.07, 6.45) is 0.241. The molecular weight excluding hydrogens is 574 g/mol. The van der Waals surface area contributed by atoms with Crippen LogP contribution in [-0.4, -0.2) is 50.9 Å². The Hall–Kier alpha value is -4.63. The first kappa shape index (κ1) is 32.3. The quantitative estimate of drug-likeness (QED) is 0.219. The number of hydrogen-bond acceptors (Lipinski definition) is 5. The summed E-state index contributed by atoms with van der Waals surface area (Å²) in [6.45, 7) is 5.13. The molecule has 230 valence electrons. The second-order valence-electron chi connectivity index (χ2n) is 10.9. The van der Waals surface area contributed by atoms with Gasteiger partial charge in [0, 0.05) is 19.0 Å². The summed E-state index contributed by atoms with van der Waals surface area (Å²) in [4.78, 5) is 29.8. The first-order valence-electron chi connectivity index (χ1n) is 14.5. The van der Waals surface area contributed by atoms with Gasteiger partial charge in [-0.2, -0.15) is 0 Å². The summed E-state index contributed by atoms with van der Waals surface area (Å²) in [7, 11) is -2.58. The zero-order valence-electron chi connectivity index (χ0n) is 25.5. The molecule has 0 aliphatic rings. The molecule has 0 radical (unpaired) electrons. The van der Waals surface area contributed by atoms with Crippen LogP contribution in [0.25, 0.3) is 0 Å². The van der Waals surface area contributed by atoms with Crippen molar-refractivity contribution in [1.29, 1.82) is 0 Å². The van der Waals surface area contributed by atoms with Gasteiger partial charge in [0.25, 0.3) is 10.0 Å². The van der Waals surface area contributed by atoms with Gasteiger partial charge in [-0.1, -0.05) is 72.8 Å². The molecule has 4 aromatic carbocycles. The Morgan fingerprint density at radius 2 is 1.45 bits per heavy atom. The van der Waals surface area contributed by atoms with Crippen molar-refractivity contribution in [2.24, 2.45) is 0 Å². The number of ether oxygens (including phenoxy) is 1. The lowest BCUT2D eigenvalue weighted by Gasteiger charge is -2.34. The minimum absolute atomic E-state index is 0.0616. The Kier molecular flexibility index (Phi) is 10.8. The third kappa shape index (κ3) is 8.26. The predicted octanol–water partition coefficient (Wildman–Crippen LogP) is 5.36. The molecule has 9 heteroatoms. The maximum Gasteiger partial charge on any atom is 0.264 e. The van der Waals surface area contributed by atoms with Gasteiger partial charge in [0.15, 0.2) is 0 Å². The van der Waals surface area contributed by atoms with Gasteiger partial charge in [-0.3, -0.25) is 13.9 Å². The van der Waals surface area contributed by atoms with Crippen LogP contribution < -0.4 is 14.4 Å². The number of nitrogens with one attached hydrogen (secondary N) is 1. The molecule has 8 nitrogen and oxygen atoms in total. The first-order valence-corrected chi connectivity index (χ1v) is 15.9. The van der Waals surface area contributed by atoms with Crippen LogP contribution in [0.15, 0.2) is 114 Å². The summed E-state index contributed by atoms with van der Waals surface area (Å²) in [5.41, 5.74) is 2.80. The number of anilines is 1. The Balaban J connectivity index is 1.81. The van der Waals surface area contributed by atoms with E-state index in [-0.39, 0.29) is 29.8 Å². The summed E-state index contributed by atoms with van der Waals surface area (Å²) >= 11 is 0. The van der Waals surface area contributed by atoms with E-state index in [2.05, 4.69) is 5.32 Å². The normalized spacial score (nSPS) is 11.9. The third-order valence-electron chi connectivity index (χ3n) is 7.09. The van der Waals surface area contributed by atoms with E-state index in [9.17, 15) is 18.0 Å². The van der Waals surface area contributed by atoms with Gasteiger partial charge in [0.2, 0.25) is 11.8 Å². The lowest BCUT2D eigenvalue weighted by Crippen LogP contribution is -2.54. The molecule has 0 saturated heterocycles. The second-order valence-corrected chi connectivity index (χ2v) is 12.8. The largest absolute Gasteiger partial charge is 0.497 e. The summed E-state index contributed by atoms with van der Waals surface area (Å²) in [5.74, 6) is -0.240. The van der Waals surface area contributed by atoms with Gasteiger partial charge in [-0.25, -0.2) is 8.42 Å². The lowest BCUT2D eigenvalue weighted by atomic mass is 10.0. The van der Waals surface area contributed by atoms with Crippen molar-refractivity contribution in [1.82, 2.24) is 10.2 Å². The SMILES string of the molecule is COc1cccc(CN(C(=O)CN(c2cccc(C)c2)S(=O)(=O)c2ccccc2)[C@H](Cc2ccccc2)C(=O)NC(C)C)c1. The van der Waals surface area contributed by atoms with E-state index >= 15 is 0 Å². The van der Waals surface area contributed by atoms with Gasteiger partial charge in [-0.05, 0) is 73.9 Å². The highest BCUT2D eigenvalue weighted by molar-refractivity contribution is 7.92. The summed E-state index contributed by atoms with van der Waals surface area (Å²) < 4.78 is 34.6. The Morgan fingerprint density at radius 1 is 0.818 bits per heavy atom. The van der Waals surface area contributed by atoms with Crippen LogP contribution in [0.2, 0.25) is 0 Å². The molecule has 0 bridgehead atoms. The number of hydrogen-bond donors (Lipinski definition) is 1. The van der Waals surface area contributed by atoms with Crippen LogP contribution in [0.5, 0.6) is 5.75 Å². The van der Waals surface area contributed by atoms with Crippen LogP contribution >= 0.6 is 0 Å². The van der Waals surface area contributed by atoms with E-state index in [1.807, 2.05) is 69.3 Å². The summed E-state index contributed by atoms with van der Waals surface area (Å²) in [5, 5.41) is 2.97. The number of benzene rings is 4. The lowest BCUT2D eigenvalue weighted by molar-refractivity contribution is -0.140. The molecule has 0 fully saturated rings. The first-order chi connectivity index (χ1) is 21.1. The van der Waals surface area contributed by atoms with Crippen LogP contribution in [-0.2, 0) is 32.6 Å². The third-order valence-corrected chi connectivity index (χ3v) is 8.88. The Bertz CT molecular complexity index is 1660. The van der Waals surface area contributed by atoms with Gasteiger partial charge >= 0.3 is 0 Å². The predicted molar refractivity (Wildman–Crippen MR) is 173 cm³/mol. The molecule has 4 aromatic rings. The smallest absolute Gasteiger partial charge is 0.264 e. The highest BCUT2D eigenvalue weighted by Gasteiger charge is 2.34. The van der Waals surface area contributed by atoms with Gasteiger partial charge in [0.1, 0.15) is 18.3 Å². The maximum absolute atomic E-state index is 14.5. The molecule has 2 amide bonds.